The summed E-state index contributed by atoms with van der Waals surface area (Å²) in [5.41, 5.74) is 5.38. The van der Waals surface area contributed by atoms with Crippen LogP contribution in [0.1, 0.15) is 277 Å². The van der Waals surface area contributed by atoms with Crippen LogP contribution in [0.2, 0.25) is 0 Å². The number of phosphoric ester groups is 1. The number of carbonyl (C=O) groups is 1. The molecule has 0 bridgehead atoms. The molecule has 0 aromatic heterocycles. The molecule has 0 aromatic carbocycles. The highest BCUT2D eigenvalue weighted by molar-refractivity contribution is 7.47. The Morgan fingerprint density at radius 3 is 1.18 bits per heavy atom. The van der Waals surface area contributed by atoms with Crippen LogP contribution >= 0.6 is 7.82 Å². The van der Waals surface area contributed by atoms with Crippen LogP contribution in [0.5, 0.6) is 0 Å². The van der Waals surface area contributed by atoms with Gasteiger partial charge in [0.2, 0.25) is 5.91 Å². The summed E-state index contributed by atoms with van der Waals surface area (Å²) in [5, 5.41) is 13.7. The van der Waals surface area contributed by atoms with E-state index in [1.807, 2.05) is 6.08 Å². The summed E-state index contributed by atoms with van der Waals surface area (Å²) in [6.07, 6.45) is 55.9. The van der Waals surface area contributed by atoms with Crippen molar-refractivity contribution >= 4 is 13.7 Å². The van der Waals surface area contributed by atoms with Crippen LogP contribution in [0.25, 0.3) is 0 Å². The predicted octanol–water partition coefficient (Wildman–Crippen LogP) is 15.5. The largest absolute Gasteiger partial charge is 0.472 e. The predicted molar refractivity (Wildman–Crippen MR) is 259 cm³/mol. The number of rotatable bonds is 50. The van der Waals surface area contributed by atoms with Gasteiger partial charge in [0.1, 0.15) is 0 Å². The van der Waals surface area contributed by atoms with Crippen molar-refractivity contribution < 1.29 is 28.4 Å². The van der Waals surface area contributed by atoms with Gasteiger partial charge in [-0.2, -0.15) is 0 Å². The van der Waals surface area contributed by atoms with E-state index >= 15 is 0 Å². The van der Waals surface area contributed by atoms with E-state index in [9.17, 15) is 19.4 Å². The summed E-state index contributed by atoms with van der Waals surface area (Å²) < 4.78 is 22.1. The van der Waals surface area contributed by atoms with E-state index in [1.165, 1.54) is 218 Å². The monoisotopic (exact) mass is 871 g/mol. The summed E-state index contributed by atoms with van der Waals surface area (Å²) in [7, 11) is -4.33. The second kappa shape index (κ2) is 47.7. The van der Waals surface area contributed by atoms with Crippen LogP contribution < -0.4 is 11.1 Å². The van der Waals surface area contributed by atoms with Crippen molar-refractivity contribution in [1.82, 2.24) is 5.32 Å². The first-order valence-corrected chi connectivity index (χ1v) is 27.8. The highest BCUT2D eigenvalue weighted by atomic mass is 31.2. The number of unbranched alkanes of at least 4 members (excludes halogenated alkanes) is 38. The normalized spacial score (nSPS) is 13.9. The number of phosphoric acid groups is 1. The number of hydrogen-bond donors (Lipinski definition) is 4. The number of nitrogens with two attached hydrogens (primary N) is 1. The number of amides is 1. The fourth-order valence-electron chi connectivity index (χ4n) is 8.14. The number of nitrogens with one attached hydrogen (secondary N) is 1. The van der Waals surface area contributed by atoms with E-state index in [-0.39, 0.29) is 25.7 Å². The molecule has 0 radical (unpaired) electrons. The van der Waals surface area contributed by atoms with Crippen molar-refractivity contribution in [3.05, 3.63) is 12.2 Å². The molecule has 60 heavy (non-hydrogen) atoms. The summed E-state index contributed by atoms with van der Waals surface area (Å²) >= 11 is 0. The van der Waals surface area contributed by atoms with Crippen molar-refractivity contribution in [1.29, 1.82) is 0 Å². The Hall–Kier alpha value is -0.760. The average Bonchev–Trinajstić information content (AvgIpc) is 3.24. The third-order valence-electron chi connectivity index (χ3n) is 12.1. The molecule has 0 saturated heterocycles. The Bertz CT molecular complexity index is 953. The zero-order valence-corrected chi connectivity index (χ0v) is 40.9. The molecule has 0 aliphatic heterocycles. The van der Waals surface area contributed by atoms with Gasteiger partial charge in [-0.15, -0.1) is 0 Å². The van der Waals surface area contributed by atoms with Gasteiger partial charge in [-0.1, -0.05) is 264 Å². The number of aliphatic hydroxyl groups excluding tert-OH is 1. The quantitative estimate of drug-likeness (QED) is 0.0272. The highest BCUT2D eigenvalue weighted by Gasteiger charge is 2.26. The zero-order chi connectivity index (χ0) is 43.9. The van der Waals surface area contributed by atoms with Crippen LogP contribution in [0.15, 0.2) is 12.2 Å². The first-order chi connectivity index (χ1) is 29.4. The molecule has 0 aliphatic rings. The fraction of sp³-hybridized carbons (Fsp3) is 0.941. The minimum absolute atomic E-state index is 0.0813. The minimum atomic E-state index is -4.33. The number of aliphatic hydroxyl groups is 1. The topological polar surface area (TPSA) is 131 Å². The SMILES string of the molecule is CCCCCCCCCCC/C=C/[C@@H](O)[C@H](COP(=O)(O)OCCN)NC(=O)CCCCCCCCCCCCCCCCCCCCCCCCCCCCCCCC. The Balaban J connectivity index is 3.83. The molecule has 9 heteroatoms. The molecule has 0 aromatic rings. The van der Waals surface area contributed by atoms with Crippen molar-refractivity contribution in [3.63, 3.8) is 0 Å². The summed E-state index contributed by atoms with van der Waals surface area (Å²) in [5.74, 6) is -0.189. The fourth-order valence-corrected chi connectivity index (χ4v) is 8.90. The Labute approximate surface area is 373 Å². The van der Waals surface area contributed by atoms with Gasteiger partial charge in [0, 0.05) is 13.0 Å². The van der Waals surface area contributed by atoms with E-state index in [2.05, 4.69) is 19.2 Å². The van der Waals surface area contributed by atoms with E-state index in [4.69, 9.17) is 14.8 Å². The van der Waals surface area contributed by atoms with Crippen LogP contribution in [-0.2, 0) is 18.4 Å². The van der Waals surface area contributed by atoms with E-state index in [0.29, 0.717) is 6.42 Å². The molecule has 0 fully saturated rings. The highest BCUT2D eigenvalue weighted by Crippen LogP contribution is 2.43. The van der Waals surface area contributed by atoms with Crippen molar-refractivity contribution in [2.75, 3.05) is 19.8 Å². The molecule has 5 N–H and O–H groups in total. The maximum atomic E-state index is 12.8. The molecule has 0 rings (SSSR count). The lowest BCUT2D eigenvalue weighted by Gasteiger charge is -2.23. The van der Waals surface area contributed by atoms with Crippen molar-refractivity contribution in [2.45, 2.75) is 289 Å². The zero-order valence-electron chi connectivity index (χ0n) is 40.0. The Kier molecular flexibility index (Phi) is 47.1. The molecule has 3 atom stereocenters. The van der Waals surface area contributed by atoms with Gasteiger partial charge < -0.3 is 21.1 Å². The van der Waals surface area contributed by atoms with Crippen LogP contribution in [-0.4, -0.2) is 47.8 Å². The van der Waals surface area contributed by atoms with E-state index in [0.717, 1.165) is 38.5 Å². The molecule has 0 saturated carbocycles. The maximum absolute atomic E-state index is 12.8. The van der Waals surface area contributed by atoms with Gasteiger partial charge in [0.25, 0.3) is 0 Å². The molecule has 1 amide bonds. The Morgan fingerprint density at radius 1 is 0.533 bits per heavy atom. The van der Waals surface area contributed by atoms with Gasteiger partial charge in [-0.25, -0.2) is 4.57 Å². The maximum Gasteiger partial charge on any atom is 0.472 e. The minimum Gasteiger partial charge on any atom is -0.387 e. The first-order valence-electron chi connectivity index (χ1n) is 26.3. The number of hydrogen-bond acceptors (Lipinski definition) is 6. The molecule has 8 nitrogen and oxygen atoms in total. The molecule has 0 heterocycles. The second-order valence-electron chi connectivity index (χ2n) is 18.1. The Morgan fingerprint density at radius 2 is 0.850 bits per heavy atom. The summed E-state index contributed by atoms with van der Waals surface area (Å²) in [6, 6.07) is -0.854. The lowest BCUT2D eigenvalue weighted by molar-refractivity contribution is -0.123. The molecule has 0 spiro atoms. The third-order valence-corrected chi connectivity index (χ3v) is 13.1. The van der Waals surface area contributed by atoms with Gasteiger partial charge in [-0.3, -0.25) is 13.8 Å². The first kappa shape index (κ1) is 59.2. The number of carbonyl (C=O) groups excluding carboxylic acids is 1. The van der Waals surface area contributed by atoms with Crippen LogP contribution in [0.4, 0.5) is 0 Å². The number of allylic oxidation sites excluding steroid dienone is 1. The van der Waals surface area contributed by atoms with E-state index in [1.54, 1.807) is 6.08 Å². The van der Waals surface area contributed by atoms with Crippen LogP contribution in [0.3, 0.4) is 0 Å². The molecule has 0 aliphatic carbocycles. The van der Waals surface area contributed by atoms with Gasteiger partial charge in [0.15, 0.2) is 0 Å². The average molecular weight is 871 g/mol. The standard InChI is InChI=1S/C51H103N2O6P/c1-3-5-7-9-11-13-15-16-17-18-19-20-21-22-23-24-25-26-27-28-29-30-31-32-33-35-37-39-41-43-45-51(55)53-49(48-59-60(56,57)58-47-46-52)50(54)44-42-40-38-36-34-14-12-10-8-6-4-2/h42,44,49-50,54H,3-41,43,45-48,52H2,1-2H3,(H,53,55)(H,56,57)/b44-42+/t49-,50+/m0/s1. The second-order valence-corrected chi connectivity index (χ2v) is 19.6. The molecular formula is C51H103N2O6P. The van der Waals surface area contributed by atoms with E-state index < -0.39 is 20.0 Å². The third kappa shape index (κ3) is 45.3. The summed E-state index contributed by atoms with van der Waals surface area (Å²) in [4.78, 5) is 22.7. The van der Waals surface area contributed by atoms with Crippen molar-refractivity contribution in [3.8, 4) is 0 Å². The van der Waals surface area contributed by atoms with Gasteiger partial charge in [-0.05, 0) is 19.3 Å². The van der Waals surface area contributed by atoms with Gasteiger partial charge in [0.05, 0.1) is 25.4 Å². The van der Waals surface area contributed by atoms with Gasteiger partial charge >= 0.3 is 7.82 Å². The molecular weight excluding hydrogens is 768 g/mol. The smallest absolute Gasteiger partial charge is 0.387 e. The van der Waals surface area contributed by atoms with Crippen molar-refractivity contribution in [2.24, 2.45) is 5.73 Å². The molecule has 1 unspecified atom stereocenters. The lowest BCUT2D eigenvalue weighted by Crippen LogP contribution is -2.45. The molecule has 358 valence electrons. The lowest BCUT2D eigenvalue weighted by atomic mass is 10.0. The summed E-state index contributed by atoms with van der Waals surface area (Å²) in [6.45, 7) is 4.16. The van der Waals surface area contributed by atoms with Crippen LogP contribution in [0, 0.1) is 0 Å².